The predicted molar refractivity (Wildman–Crippen MR) is 112 cm³/mol. The number of aromatic nitrogens is 2. The summed E-state index contributed by atoms with van der Waals surface area (Å²) in [4.78, 5) is 6.87. The van der Waals surface area contributed by atoms with E-state index >= 15 is 0 Å². The molecule has 1 aliphatic carbocycles. The summed E-state index contributed by atoms with van der Waals surface area (Å²) in [6.45, 7) is 1.54. The molecule has 3 heterocycles. The highest BCUT2D eigenvalue weighted by Gasteiger charge is 2.50. The van der Waals surface area contributed by atoms with Crippen LogP contribution in [0.5, 0.6) is 0 Å². The van der Waals surface area contributed by atoms with Crippen molar-refractivity contribution in [3.05, 3.63) is 28.2 Å². The third kappa shape index (κ3) is 3.43. The van der Waals surface area contributed by atoms with E-state index in [-0.39, 0.29) is 24.4 Å². The van der Waals surface area contributed by atoms with E-state index in [2.05, 4.69) is 25.4 Å². The molecule has 0 radical (unpaired) electrons. The SMILES string of the molecule is FC1(F)CCC2(CCN(C3C=Nc4c(n[nH]c4-c4cccc(Cl)c4Cl)N3)CC2)C1. The summed E-state index contributed by atoms with van der Waals surface area (Å²) < 4.78 is 27.4. The molecular weight excluding hydrogens is 419 g/mol. The number of alkyl halides is 2. The maximum absolute atomic E-state index is 13.7. The number of benzene rings is 1. The van der Waals surface area contributed by atoms with Gasteiger partial charge in [0.2, 0.25) is 5.92 Å². The van der Waals surface area contributed by atoms with Crippen molar-refractivity contribution in [3.8, 4) is 11.3 Å². The lowest BCUT2D eigenvalue weighted by molar-refractivity contribution is -0.0138. The molecule has 2 aliphatic heterocycles. The number of rotatable bonds is 2. The van der Waals surface area contributed by atoms with Gasteiger partial charge in [0.1, 0.15) is 11.9 Å². The molecule has 1 atom stereocenters. The zero-order chi connectivity index (χ0) is 20.2. The molecule has 1 spiro atoms. The molecule has 5 nitrogen and oxygen atoms in total. The first kappa shape index (κ1) is 19.3. The van der Waals surface area contributed by atoms with Crippen molar-refractivity contribution in [2.45, 2.75) is 44.2 Å². The van der Waals surface area contributed by atoms with E-state index in [4.69, 9.17) is 23.2 Å². The zero-order valence-electron chi connectivity index (χ0n) is 15.7. The van der Waals surface area contributed by atoms with Crippen molar-refractivity contribution in [2.24, 2.45) is 10.4 Å². The van der Waals surface area contributed by atoms with Gasteiger partial charge in [0.25, 0.3) is 0 Å². The van der Waals surface area contributed by atoms with Crippen molar-refractivity contribution in [1.29, 1.82) is 0 Å². The van der Waals surface area contributed by atoms with Crippen molar-refractivity contribution in [3.63, 3.8) is 0 Å². The summed E-state index contributed by atoms with van der Waals surface area (Å²) in [5.74, 6) is -1.84. The molecule has 1 unspecified atom stereocenters. The number of halogens is 4. The number of nitrogens with one attached hydrogen (secondary N) is 2. The molecule has 9 heteroatoms. The van der Waals surface area contributed by atoms with E-state index in [1.54, 1.807) is 6.07 Å². The molecule has 1 saturated heterocycles. The maximum Gasteiger partial charge on any atom is 0.248 e. The maximum atomic E-state index is 13.7. The van der Waals surface area contributed by atoms with E-state index in [0.717, 1.165) is 31.5 Å². The lowest BCUT2D eigenvalue weighted by Crippen LogP contribution is -2.49. The van der Waals surface area contributed by atoms with Gasteiger partial charge in [-0.2, -0.15) is 5.10 Å². The Balaban J connectivity index is 1.31. The average Bonchev–Trinajstić information content (AvgIpc) is 3.25. The first-order valence-corrected chi connectivity index (χ1v) is 10.6. The van der Waals surface area contributed by atoms with E-state index in [1.165, 1.54) is 0 Å². The van der Waals surface area contributed by atoms with Crippen molar-refractivity contribution >= 4 is 40.9 Å². The molecule has 1 aromatic carbocycles. The highest BCUT2D eigenvalue weighted by molar-refractivity contribution is 6.43. The molecular formula is C20H21Cl2F2N5. The molecule has 2 fully saturated rings. The Morgan fingerprint density at radius 2 is 1.90 bits per heavy atom. The number of piperidine rings is 1. The van der Waals surface area contributed by atoms with Crippen molar-refractivity contribution < 1.29 is 8.78 Å². The number of anilines is 1. The fraction of sp³-hybridized carbons (Fsp3) is 0.500. The largest absolute Gasteiger partial charge is 0.346 e. The van der Waals surface area contributed by atoms with Crippen LogP contribution in [0.1, 0.15) is 32.1 Å². The van der Waals surface area contributed by atoms with Gasteiger partial charge in [-0.1, -0.05) is 35.3 Å². The second kappa shape index (κ2) is 6.93. The summed E-state index contributed by atoms with van der Waals surface area (Å²) in [5, 5.41) is 11.7. The number of fused-ring (bicyclic) bond motifs is 1. The van der Waals surface area contributed by atoms with Crippen LogP contribution in [0, 0.1) is 5.41 Å². The molecule has 29 heavy (non-hydrogen) atoms. The van der Waals surface area contributed by atoms with Crippen LogP contribution in [0.4, 0.5) is 20.3 Å². The molecule has 2 aromatic rings. The Morgan fingerprint density at radius 3 is 2.62 bits per heavy atom. The van der Waals surface area contributed by atoms with Crippen LogP contribution in [0.25, 0.3) is 11.3 Å². The number of aliphatic imine (C=N–C) groups is 1. The highest BCUT2D eigenvalue weighted by Crippen LogP contribution is 2.53. The van der Waals surface area contributed by atoms with Crippen LogP contribution in [-0.4, -0.2) is 46.5 Å². The summed E-state index contributed by atoms with van der Waals surface area (Å²) >= 11 is 12.5. The molecule has 3 aliphatic rings. The molecule has 1 aromatic heterocycles. The summed E-state index contributed by atoms with van der Waals surface area (Å²) in [7, 11) is 0. The molecule has 0 bridgehead atoms. The first-order valence-electron chi connectivity index (χ1n) is 9.81. The lowest BCUT2D eigenvalue weighted by atomic mass is 9.77. The number of nitrogens with zero attached hydrogens (tertiary/aromatic N) is 3. The Bertz CT molecular complexity index is 966. The summed E-state index contributed by atoms with van der Waals surface area (Å²) in [6, 6.07) is 5.43. The third-order valence-electron chi connectivity index (χ3n) is 6.50. The average molecular weight is 440 g/mol. The van der Waals surface area contributed by atoms with Gasteiger partial charge in [-0.25, -0.2) is 8.78 Å². The highest BCUT2D eigenvalue weighted by atomic mass is 35.5. The number of hydrogen-bond acceptors (Lipinski definition) is 4. The number of H-pyrrole nitrogens is 1. The van der Waals surface area contributed by atoms with Crippen LogP contribution in [-0.2, 0) is 0 Å². The molecule has 5 rings (SSSR count). The van der Waals surface area contributed by atoms with Gasteiger partial charge in [0.15, 0.2) is 5.82 Å². The monoisotopic (exact) mass is 439 g/mol. The topological polar surface area (TPSA) is 56.3 Å². The fourth-order valence-corrected chi connectivity index (χ4v) is 5.23. The second-order valence-electron chi connectivity index (χ2n) is 8.33. The van der Waals surface area contributed by atoms with E-state index in [0.29, 0.717) is 33.7 Å². The molecule has 154 valence electrons. The third-order valence-corrected chi connectivity index (χ3v) is 7.32. The van der Waals surface area contributed by atoms with Crippen molar-refractivity contribution in [2.75, 3.05) is 18.4 Å². The van der Waals surface area contributed by atoms with Gasteiger partial charge in [0.05, 0.1) is 15.7 Å². The van der Waals surface area contributed by atoms with E-state index in [9.17, 15) is 8.78 Å². The van der Waals surface area contributed by atoms with Crippen LogP contribution in [0.15, 0.2) is 23.2 Å². The molecule has 2 N–H and O–H groups in total. The van der Waals surface area contributed by atoms with E-state index in [1.807, 2.05) is 18.3 Å². The Kier molecular flexibility index (Phi) is 4.60. The van der Waals surface area contributed by atoms with Crippen LogP contribution < -0.4 is 5.32 Å². The molecule has 1 saturated carbocycles. The number of likely N-dealkylation sites (tertiary alicyclic amines) is 1. The standard InChI is InChI=1S/C20H21Cl2F2N5/c21-13-3-1-2-12(15(13)22)16-17-18(28-27-16)26-14(10-25-17)29-8-6-19(7-9-29)4-5-20(23,24)11-19/h1-3,10,14H,4-9,11H2,(H2,26,27,28). The minimum atomic E-state index is -2.49. The van der Waals surface area contributed by atoms with Gasteiger partial charge >= 0.3 is 0 Å². The van der Waals surface area contributed by atoms with Crippen LogP contribution in [0.2, 0.25) is 10.0 Å². The van der Waals surface area contributed by atoms with Gasteiger partial charge in [-0.3, -0.25) is 15.0 Å². The Labute approximate surface area is 177 Å². The minimum Gasteiger partial charge on any atom is -0.346 e. The van der Waals surface area contributed by atoms with Gasteiger partial charge < -0.3 is 5.32 Å². The van der Waals surface area contributed by atoms with Gasteiger partial charge in [-0.05, 0) is 30.7 Å². The van der Waals surface area contributed by atoms with E-state index < -0.39 is 5.92 Å². The van der Waals surface area contributed by atoms with Crippen molar-refractivity contribution in [1.82, 2.24) is 15.1 Å². The Hall–Kier alpha value is -1.70. The Morgan fingerprint density at radius 1 is 1.10 bits per heavy atom. The number of hydrogen-bond donors (Lipinski definition) is 2. The van der Waals surface area contributed by atoms with Gasteiger partial charge in [-0.15, -0.1) is 0 Å². The lowest BCUT2D eigenvalue weighted by Gasteiger charge is -2.42. The van der Waals surface area contributed by atoms with Gasteiger partial charge in [0, 0.05) is 37.7 Å². The smallest absolute Gasteiger partial charge is 0.248 e. The first-order chi connectivity index (χ1) is 13.9. The minimum absolute atomic E-state index is 0.0294. The van der Waals surface area contributed by atoms with Crippen LogP contribution >= 0.6 is 23.2 Å². The zero-order valence-corrected chi connectivity index (χ0v) is 17.2. The van der Waals surface area contributed by atoms with Crippen LogP contribution in [0.3, 0.4) is 0 Å². The quantitative estimate of drug-likeness (QED) is 0.627. The number of aromatic amines is 1. The fourth-order valence-electron chi connectivity index (χ4n) is 4.83. The summed E-state index contributed by atoms with van der Waals surface area (Å²) in [5.41, 5.74) is 1.95. The molecule has 0 amide bonds. The normalized spacial score (nSPS) is 25.2. The summed E-state index contributed by atoms with van der Waals surface area (Å²) in [6.07, 6.45) is 4.04. The predicted octanol–water partition coefficient (Wildman–Crippen LogP) is 5.74. The second-order valence-corrected chi connectivity index (χ2v) is 9.12.